The number of aromatic nitrogens is 1. The zero-order chi connectivity index (χ0) is 18.1. The van der Waals surface area contributed by atoms with E-state index in [2.05, 4.69) is 4.98 Å². The fourth-order valence-electron chi connectivity index (χ4n) is 2.99. The van der Waals surface area contributed by atoms with E-state index in [1.54, 1.807) is 23.1 Å². The Morgan fingerprint density at radius 1 is 1.15 bits per heavy atom. The summed E-state index contributed by atoms with van der Waals surface area (Å²) < 4.78 is 14.1. The Labute approximate surface area is 156 Å². The number of carbonyl (C=O) groups is 1. The zero-order valence-electron chi connectivity index (χ0n) is 14.5. The van der Waals surface area contributed by atoms with Gasteiger partial charge in [-0.1, -0.05) is 48.5 Å². The maximum absolute atomic E-state index is 14.1. The fraction of sp³-hybridized carbons (Fsp3) is 0.238. The van der Waals surface area contributed by atoms with Crippen LogP contribution in [0.1, 0.15) is 33.8 Å². The Hall–Kier alpha value is -2.53. The van der Waals surface area contributed by atoms with Crippen LogP contribution in [0.25, 0.3) is 10.6 Å². The lowest BCUT2D eigenvalue weighted by molar-refractivity contribution is 0.0732. The normalized spacial score (nSPS) is 13.6. The summed E-state index contributed by atoms with van der Waals surface area (Å²) in [4.78, 5) is 20.2. The van der Waals surface area contributed by atoms with Gasteiger partial charge in [0.15, 0.2) is 0 Å². The minimum Gasteiger partial charge on any atom is -0.330 e. The molecule has 3 aromatic rings. The number of aryl methyl sites for hydroxylation is 1. The molecule has 0 radical (unpaired) electrons. The van der Waals surface area contributed by atoms with Gasteiger partial charge in [-0.15, -0.1) is 11.3 Å². The molecule has 1 aliphatic carbocycles. The van der Waals surface area contributed by atoms with Crippen LogP contribution in [-0.2, 0) is 6.54 Å². The van der Waals surface area contributed by atoms with E-state index in [4.69, 9.17) is 0 Å². The molecule has 1 aromatic heterocycles. The molecule has 1 aliphatic rings. The number of benzene rings is 2. The van der Waals surface area contributed by atoms with E-state index in [0.29, 0.717) is 17.0 Å². The number of amides is 1. The van der Waals surface area contributed by atoms with Crippen molar-refractivity contribution in [2.45, 2.75) is 32.4 Å². The number of hydrogen-bond donors (Lipinski definition) is 0. The van der Waals surface area contributed by atoms with Crippen molar-refractivity contribution < 1.29 is 9.18 Å². The third-order valence-electron chi connectivity index (χ3n) is 4.56. The van der Waals surface area contributed by atoms with Crippen LogP contribution in [-0.4, -0.2) is 21.8 Å². The second kappa shape index (κ2) is 7.00. The van der Waals surface area contributed by atoms with Crippen LogP contribution in [0.4, 0.5) is 4.39 Å². The number of hydrogen-bond acceptors (Lipinski definition) is 3. The summed E-state index contributed by atoms with van der Waals surface area (Å²) >= 11 is 1.41. The highest BCUT2D eigenvalue weighted by atomic mass is 32.1. The van der Waals surface area contributed by atoms with Gasteiger partial charge in [0.2, 0.25) is 0 Å². The molecule has 3 nitrogen and oxygen atoms in total. The lowest BCUT2D eigenvalue weighted by atomic mass is 10.2. The lowest BCUT2D eigenvalue weighted by Crippen LogP contribution is -2.32. The van der Waals surface area contributed by atoms with Gasteiger partial charge in [-0.05, 0) is 25.8 Å². The number of halogens is 1. The summed E-state index contributed by atoms with van der Waals surface area (Å²) in [7, 11) is 0. The van der Waals surface area contributed by atoms with Gasteiger partial charge in [-0.3, -0.25) is 4.79 Å². The molecule has 132 valence electrons. The van der Waals surface area contributed by atoms with E-state index in [1.807, 2.05) is 37.3 Å². The molecule has 2 aromatic carbocycles. The molecule has 1 fully saturated rings. The van der Waals surface area contributed by atoms with Gasteiger partial charge < -0.3 is 4.90 Å². The van der Waals surface area contributed by atoms with Crippen LogP contribution >= 0.6 is 11.3 Å². The molecule has 0 bridgehead atoms. The van der Waals surface area contributed by atoms with Gasteiger partial charge in [0.25, 0.3) is 5.91 Å². The summed E-state index contributed by atoms with van der Waals surface area (Å²) in [6, 6.07) is 16.7. The average Bonchev–Trinajstić information content (AvgIpc) is 3.42. The van der Waals surface area contributed by atoms with Crippen molar-refractivity contribution in [2.24, 2.45) is 0 Å². The average molecular weight is 366 g/mol. The molecule has 0 spiro atoms. The first-order valence-corrected chi connectivity index (χ1v) is 9.52. The molecule has 4 rings (SSSR count). The van der Waals surface area contributed by atoms with E-state index in [0.717, 1.165) is 29.1 Å². The molecule has 5 heteroatoms. The summed E-state index contributed by atoms with van der Waals surface area (Å²) in [5.74, 6) is -0.315. The predicted octanol–water partition coefficient (Wildman–Crippen LogP) is 5.06. The van der Waals surface area contributed by atoms with Crippen molar-refractivity contribution in [3.05, 3.63) is 76.5 Å². The summed E-state index contributed by atoms with van der Waals surface area (Å²) in [5.41, 5.74) is 2.29. The van der Waals surface area contributed by atoms with Crippen LogP contribution < -0.4 is 0 Å². The van der Waals surface area contributed by atoms with Gasteiger partial charge in [0, 0.05) is 23.7 Å². The molecule has 0 N–H and O–H groups in total. The molecule has 0 aliphatic heterocycles. The lowest BCUT2D eigenvalue weighted by Gasteiger charge is -2.22. The quantitative estimate of drug-likeness (QED) is 0.632. The molecule has 1 saturated carbocycles. The largest absolute Gasteiger partial charge is 0.330 e. The highest BCUT2D eigenvalue weighted by Crippen LogP contribution is 2.34. The maximum atomic E-state index is 14.1. The van der Waals surface area contributed by atoms with E-state index >= 15 is 0 Å². The van der Waals surface area contributed by atoms with Crippen molar-refractivity contribution in [1.29, 1.82) is 0 Å². The summed E-state index contributed by atoms with van der Waals surface area (Å²) in [6.45, 7) is 2.17. The monoisotopic (exact) mass is 366 g/mol. The first-order chi connectivity index (χ1) is 12.6. The summed E-state index contributed by atoms with van der Waals surface area (Å²) in [5, 5.41) is 0.841. The second-order valence-electron chi connectivity index (χ2n) is 6.56. The summed E-state index contributed by atoms with van der Waals surface area (Å²) in [6.07, 6.45) is 1.95. The third-order valence-corrected chi connectivity index (χ3v) is 5.75. The fourth-order valence-corrected chi connectivity index (χ4v) is 4.02. The minimum absolute atomic E-state index is 0.0482. The Bertz CT molecular complexity index is 934. The number of thiazole rings is 1. The van der Waals surface area contributed by atoms with E-state index in [1.165, 1.54) is 17.4 Å². The molecule has 1 amide bonds. The minimum atomic E-state index is -0.267. The van der Waals surface area contributed by atoms with Crippen LogP contribution in [0.5, 0.6) is 0 Å². The van der Waals surface area contributed by atoms with Crippen LogP contribution in [0.2, 0.25) is 0 Å². The van der Waals surface area contributed by atoms with E-state index in [-0.39, 0.29) is 17.8 Å². The maximum Gasteiger partial charge on any atom is 0.266 e. The molecule has 0 saturated heterocycles. The first kappa shape index (κ1) is 16.9. The van der Waals surface area contributed by atoms with E-state index < -0.39 is 0 Å². The molecular formula is C21H19FN2OS. The number of rotatable bonds is 5. The molecule has 0 unspecified atom stereocenters. The zero-order valence-corrected chi connectivity index (χ0v) is 15.3. The van der Waals surface area contributed by atoms with E-state index in [9.17, 15) is 9.18 Å². The first-order valence-electron chi connectivity index (χ1n) is 8.70. The Morgan fingerprint density at radius 2 is 1.85 bits per heavy atom. The molecular weight excluding hydrogens is 347 g/mol. The topological polar surface area (TPSA) is 33.2 Å². The third kappa shape index (κ3) is 3.40. The van der Waals surface area contributed by atoms with Crippen molar-refractivity contribution in [2.75, 3.05) is 0 Å². The molecule has 26 heavy (non-hydrogen) atoms. The Balaban J connectivity index is 1.63. The van der Waals surface area contributed by atoms with Gasteiger partial charge in [0.1, 0.15) is 15.7 Å². The second-order valence-corrected chi connectivity index (χ2v) is 7.55. The van der Waals surface area contributed by atoms with Crippen LogP contribution in [0.3, 0.4) is 0 Å². The highest BCUT2D eigenvalue weighted by Gasteiger charge is 2.35. The molecule has 1 heterocycles. The molecule has 0 atom stereocenters. The van der Waals surface area contributed by atoms with Gasteiger partial charge in [-0.2, -0.15) is 0 Å². The number of carbonyl (C=O) groups excluding carboxylic acids is 1. The van der Waals surface area contributed by atoms with Crippen LogP contribution in [0.15, 0.2) is 54.6 Å². The van der Waals surface area contributed by atoms with Crippen molar-refractivity contribution in [1.82, 2.24) is 9.88 Å². The van der Waals surface area contributed by atoms with Crippen molar-refractivity contribution in [3.63, 3.8) is 0 Å². The Morgan fingerprint density at radius 3 is 2.54 bits per heavy atom. The van der Waals surface area contributed by atoms with Gasteiger partial charge in [-0.25, -0.2) is 9.37 Å². The Kier molecular flexibility index (Phi) is 4.55. The SMILES string of the molecule is Cc1nc(-c2ccccc2)sc1C(=O)N(Cc1ccccc1F)C1CC1. The van der Waals surface area contributed by atoms with Crippen molar-refractivity contribution >= 4 is 17.2 Å². The predicted molar refractivity (Wildman–Crippen MR) is 102 cm³/mol. The number of nitrogens with zero attached hydrogens (tertiary/aromatic N) is 2. The smallest absolute Gasteiger partial charge is 0.266 e. The van der Waals surface area contributed by atoms with Crippen LogP contribution in [0, 0.1) is 12.7 Å². The van der Waals surface area contributed by atoms with Gasteiger partial charge >= 0.3 is 0 Å². The highest BCUT2D eigenvalue weighted by molar-refractivity contribution is 7.17. The standard InChI is InChI=1S/C21H19FN2OS/c1-14-19(26-20(23-14)15-7-3-2-4-8-15)21(25)24(17-11-12-17)13-16-9-5-6-10-18(16)22/h2-10,17H,11-13H2,1H3. The van der Waals surface area contributed by atoms with Crippen molar-refractivity contribution in [3.8, 4) is 10.6 Å². The van der Waals surface area contributed by atoms with Gasteiger partial charge in [0.05, 0.1) is 5.69 Å².